The van der Waals surface area contributed by atoms with Gasteiger partial charge in [0.05, 0.1) is 30.7 Å². The zero-order valence-corrected chi connectivity index (χ0v) is 17.9. The lowest BCUT2D eigenvalue weighted by atomic mass is 10.1. The molecule has 158 valence electrons. The zero-order chi connectivity index (χ0) is 21.5. The molecule has 0 saturated carbocycles. The van der Waals surface area contributed by atoms with Crippen LogP contribution in [-0.2, 0) is 25.7 Å². The van der Waals surface area contributed by atoms with Crippen LogP contribution in [0, 0.1) is 5.92 Å². The zero-order valence-electron chi connectivity index (χ0n) is 17.1. The van der Waals surface area contributed by atoms with Crippen molar-refractivity contribution in [2.24, 2.45) is 5.92 Å². The maximum atomic E-state index is 12.8. The number of likely N-dealkylation sites (tertiary alicyclic amines) is 1. The molecule has 0 radical (unpaired) electrons. The Hall–Kier alpha value is -2.80. The number of carbonyl (C=O) groups is 3. The first-order valence-corrected chi connectivity index (χ1v) is 11.0. The van der Waals surface area contributed by atoms with Gasteiger partial charge in [-0.25, -0.2) is 0 Å². The first-order chi connectivity index (χ1) is 14.5. The van der Waals surface area contributed by atoms with Crippen LogP contribution in [0.25, 0.3) is 0 Å². The molecule has 2 atom stereocenters. The summed E-state index contributed by atoms with van der Waals surface area (Å²) in [7, 11) is 0. The Morgan fingerprint density at radius 1 is 1.00 bits per heavy atom. The van der Waals surface area contributed by atoms with Gasteiger partial charge in [0.1, 0.15) is 11.5 Å². The van der Waals surface area contributed by atoms with Crippen molar-refractivity contribution in [2.75, 3.05) is 12.4 Å². The van der Waals surface area contributed by atoms with Crippen molar-refractivity contribution in [1.82, 2.24) is 4.90 Å². The van der Waals surface area contributed by atoms with Crippen molar-refractivity contribution in [3.05, 3.63) is 60.2 Å². The highest BCUT2D eigenvalue weighted by molar-refractivity contribution is 8.00. The number of nitrogens with zero attached hydrogens (tertiary/aromatic N) is 1. The van der Waals surface area contributed by atoms with Crippen LogP contribution in [0.1, 0.15) is 25.8 Å². The van der Waals surface area contributed by atoms with Gasteiger partial charge in [-0.1, -0.05) is 37.3 Å². The first kappa shape index (κ1) is 21.9. The van der Waals surface area contributed by atoms with Crippen LogP contribution in [0.15, 0.2) is 54.6 Å². The smallest absolute Gasteiger partial charge is 0.306 e. The molecule has 1 heterocycles. The largest absolute Gasteiger partial charge is 0.466 e. The second-order valence-electron chi connectivity index (χ2n) is 6.96. The maximum absolute atomic E-state index is 12.8. The van der Waals surface area contributed by atoms with Crippen LogP contribution < -0.4 is 4.74 Å². The molecular formula is C23H25NO5S. The number of benzene rings is 2. The van der Waals surface area contributed by atoms with E-state index in [0.717, 1.165) is 11.3 Å². The molecule has 0 spiro atoms. The molecule has 1 saturated heterocycles. The Morgan fingerprint density at radius 2 is 1.67 bits per heavy atom. The van der Waals surface area contributed by atoms with Gasteiger partial charge in [0.15, 0.2) is 0 Å². The fourth-order valence-electron chi connectivity index (χ4n) is 3.20. The summed E-state index contributed by atoms with van der Waals surface area (Å²) in [5.41, 5.74) is 0.849. The second kappa shape index (κ2) is 10.3. The number of carbonyl (C=O) groups excluding carboxylic acids is 3. The SMILES string of the molecule is CCOC(=O)CCSC1C(=O)N(Cc2ccc(Oc3ccccc3)cc2)C(=O)C1C. The first-order valence-electron chi connectivity index (χ1n) is 9.94. The third-order valence-corrected chi connectivity index (χ3v) is 6.18. The summed E-state index contributed by atoms with van der Waals surface area (Å²) in [5.74, 6) is 0.793. The molecule has 1 aliphatic heterocycles. The van der Waals surface area contributed by atoms with E-state index in [1.165, 1.54) is 16.7 Å². The van der Waals surface area contributed by atoms with Crippen LogP contribution in [0.3, 0.4) is 0 Å². The molecule has 2 amide bonds. The van der Waals surface area contributed by atoms with Gasteiger partial charge >= 0.3 is 5.97 Å². The number of para-hydroxylation sites is 1. The number of thioether (sulfide) groups is 1. The summed E-state index contributed by atoms with van der Waals surface area (Å²) in [5, 5.41) is -0.465. The summed E-state index contributed by atoms with van der Waals surface area (Å²) < 4.78 is 10.7. The van der Waals surface area contributed by atoms with E-state index in [1.54, 1.807) is 13.8 Å². The van der Waals surface area contributed by atoms with Crippen molar-refractivity contribution in [3.8, 4) is 11.5 Å². The van der Waals surface area contributed by atoms with Gasteiger partial charge in [-0.15, -0.1) is 11.8 Å². The highest BCUT2D eigenvalue weighted by Gasteiger charge is 2.45. The Bertz CT molecular complexity index is 884. The molecule has 2 aromatic carbocycles. The van der Waals surface area contributed by atoms with Crippen LogP contribution in [0.5, 0.6) is 11.5 Å². The highest BCUT2D eigenvalue weighted by Crippen LogP contribution is 2.32. The fourth-order valence-corrected chi connectivity index (χ4v) is 4.41. The van der Waals surface area contributed by atoms with Gasteiger partial charge in [-0.05, 0) is 36.8 Å². The van der Waals surface area contributed by atoms with Gasteiger partial charge in [0, 0.05) is 5.75 Å². The minimum atomic E-state index is -0.465. The van der Waals surface area contributed by atoms with Crippen molar-refractivity contribution in [2.45, 2.75) is 32.1 Å². The molecule has 6 nitrogen and oxygen atoms in total. The van der Waals surface area contributed by atoms with E-state index in [4.69, 9.17) is 9.47 Å². The van der Waals surface area contributed by atoms with E-state index in [0.29, 0.717) is 18.1 Å². The standard InChI is InChI=1S/C23H25NO5S/c1-3-28-20(25)13-14-30-21-16(2)22(26)24(23(21)27)15-17-9-11-19(12-10-17)29-18-7-5-4-6-8-18/h4-12,16,21H,3,13-15H2,1-2H3. The third kappa shape index (κ3) is 5.42. The minimum absolute atomic E-state index is 0.182. The number of esters is 1. The number of amides is 2. The quantitative estimate of drug-likeness (QED) is 0.444. The molecule has 3 rings (SSSR count). The van der Waals surface area contributed by atoms with Crippen molar-refractivity contribution in [3.63, 3.8) is 0 Å². The van der Waals surface area contributed by atoms with Gasteiger partial charge in [0.25, 0.3) is 0 Å². The van der Waals surface area contributed by atoms with E-state index in [9.17, 15) is 14.4 Å². The Kier molecular flexibility index (Phi) is 7.52. The van der Waals surface area contributed by atoms with Crippen LogP contribution in [0.2, 0.25) is 0 Å². The van der Waals surface area contributed by atoms with Crippen LogP contribution in [0.4, 0.5) is 0 Å². The summed E-state index contributed by atoms with van der Waals surface area (Å²) in [6.45, 7) is 4.08. The van der Waals surface area contributed by atoms with E-state index >= 15 is 0 Å². The molecule has 2 unspecified atom stereocenters. The Morgan fingerprint density at radius 3 is 2.33 bits per heavy atom. The lowest BCUT2D eigenvalue weighted by molar-refractivity contribution is -0.143. The van der Waals surface area contributed by atoms with Crippen LogP contribution >= 0.6 is 11.8 Å². The molecule has 0 N–H and O–H groups in total. The van der Waals surface area contributed by atoms with Crippen molar-refractivity contribution >= 4 is 29.5 Å². The predicted molar refractivity (Wildman–Crippen MR) is 115 cm³/mol. The number of hydrogen-bond acceptors (Lipinski definition) is 6. The average Bonchev–Trinajstić information content (AvgIpc) is 2.94. The predicted octanol–water partition coefficient (Wildman–Crippen LogP) is 4.04. The lowest BCUT2D eigenvalue weighted by Crippen LogP contribution is -2.31. The minimum Gasteiger partial charge on any atom is -0.466 e. The lowest BCUT2D eigenvalue weighted by Gasteiger charge is -2.15. The molecule has 0 aromatic heterocycles. The number of ether oxygens (including phenoxy) is 2. The van der Waals surface area contributed by atoms with E-state index < -0.39 is 11.2 Å². The molecule has 1 fully saturated rings. The fraction of sp³-hybridized carbons (Fsp3) is 0.348. The molecule has 2 aromatic rings. The normalized spacial score (nSPS) is 18.5. The van der Waals surface area contributed by atoms with Gasteiger partial charge in [-0.3, -0.25) is 19.3 Å². The maximum Gasteiger partial charge on any atom is 0.306 e. The van der Waals surface area contributed by atoms with Crippen LogP contribution in [-0.4, -0.2) is 40.3 Å². The second-order valence-corrected chi connectivity index (χ2v) is 8.21. The van der Waals surface area contributed by atoms with Crippen molar-refractivity contribution in [1.29, 1.82) is 0 Å². The molecular weight excluding hydrogens is 402 g/mol. The number of hydrogen-bond donors (Lipinski definition) is 0. The van der Waals surface area contributed by atoms with E-state index in [2.05, 4.69) is 0 Å². The summed E-state index contributed by atoms with van der Waals surface area (Å²) in [6, 6.07) is 16.8. The highest BCUT2D eigenvalue weighted by atomic mass is 32.2. The summed E-state index contributed by atoms with van der Waals surface area (Å²) in [6.07, 6.45) is 0.228. The van der Waals surface area contributed by atoms with E-state index in [1.807, 2.05) is 54.6 Å². The van der Waals surface area contributed by atoms with Gasteiger partial charge < -0.3 is 9.47 Å². The molecule has 7 heteroatoms. The molecule has 0 aliphatic carbocycles. The number of imide groups is 1. The monoisotopic (exact) mass is 427 g/mol. The molecule has 30 heavy (non-hydrogen) atoms. The topological polar surface area (TPSA) is 72.9 Å². The summed E-state index contributed by atoms with van der Waals surface area (Å²) >= 11 is 1.34. The summed E-state index contributed by atoms with van der Waals surface area (Å²) in [4.78, 5) is 38.2. The van der Waals surface area contributed by atoms with Gasteiger partial charge in [-0.2, -0.15) is 0 Å². The van der Waals surface area contributed by atoms with Gasteiger partial charge in [0.2, 0.25) is 11.8 Å². The van der Waals surface area contributed by atoms with E-state index in [-0.39, 0.29) is 30.7 Å². The Balaban J connectivity index is 1.57. The van der Waals surface area contributed by atoms with Crippen molar-refractivity contribution < 1.29 is 23.9 Å². The Labute approximate surface area is 180 Å². The average molecular weight is 428 g/mol. The third-order valence-electron chi connectivity index (χ3n) is 4.77. The molecule has 0 bridgehead atoms. The molecule has 1 aliphatic rings. The number of rotatable bonds is 9.